The predicted molar refractivity (Wildman–Crippen MR) is 114 cm³/mol. The normalized spacial score (nSPS) is 30.1. The first-order chi connectivity index (χ1) is 10.7. The van der Waals surface area contributed by atoms with Crippen LogP contribution in [0, 0.1) is 30.6 Å². The van der Waals surface area contributed by atoms with Crippen molar-refractivity contribution in [1.82, 2.24) is 0 Å². The lowest BCUT2D eigenvalue weighted by Crippen LogP contribution is -2.25. The second-order valence-corrected chi connectivity index (χ2v) is 8.33. The molecule has 2 aliphatic rings. The van der Waals surface area contributed by atoms with Crippen molar-refractivity contribution in [1.29, 1.82) is 0 Å². The standard InChI is InChI=1S/C22H34.2CH4.2H2/c1-17-3-7-19(8-4-17)9-10-20-11-15-22(16-12-20)21-13-5-18(2)6-14-21;;;;/h3-4,7-8,18,20-22H,5-6,9-16H2,1-2H3;2*1H4;2*1H. The second kappa shape index (κ2) is 10.3. The molecular formula is C24H46. The van der Waals surface area contributed by atoms with E-state index in [1.165, 1.54) is 75.3 Å². The monoisotopic (exact) mass is 334 g/mol. The Balaban J connectivity index is 0. The van der Waals surface area contributed by atoms with E-state index in [4.69, 9.17) is 0 Å². The molecule has 3 rings (SSSR count). The molecular weight excluding hydrogens is 288 g/mol. The molecule has 0 heteroatoms. The van der Waals surface area contributed by atoms with Crippen molar-refractivity contribution in [2.75, 3.05) is 0 Å². The fourth-order valence-electron chi connectivity index (χ4n) is 4.83. The van der Waals surface area contributed by atoms with Crippen LogP contribution in [0.25, 0.3) is 0 Å². The third-order valence-electron chi connectivity index (χ3n) is 6.58. The Morgan fingerprint density at radius 3 is 1.83 bits per heavy atom. The molecule has 0 heterocycles. The highest BCUT2D eigenvalue weighted by Crippen LogP contribution is 2.42. The average Bonchev–Trinajstić information content (AvgIpc) is 2.56. The highest BCUT2D eigenvalue weighted by Gasteiger charge is 2.29. The van der Waals surface area contributed by atoms with E-state index in [1.54, 1.807) is 0 Å². The van der Waals surface area contributed by atoms with Crippen LogP contribution in [-0.4, -0.2) is 0 Å². The molecule has 2 fully saturated rings. The predicted octanol–water partition coefficient (Wildman–Crippen LogP) is 8.32. The summed E-state index contributed by atoms with van der Waals surface area (Å²) in [5, 5.41) is 0. The van der Waals surface area contributed by atoms with E-state index < -0.39 is 0 Å². The van der Waals surface area contributed by atoms with Crippen molar-refractivity contribution in [2.45, 2.75) is 92.9 Å². The van der Waals surface area contributed by atoms with Gasteiger partial charge in [-0.15, -0.1) is 0 Å². The maximum Gasteiger partial charge on any atom is 0 e. The zero-order valence-electron chi connectivity index (χ0n) is 14.7. The van der Waals surface area contributed by atoms with E-state index in [0.29, 0.717) is 0 Å². The van der Waals surface area contributed by atoms with Crippen molar-refractivity contribution in [3.63, 3.8) is 0 Å². The van der Waals surface area contributed by atoms with Crippen molar-refractivity contribution in [3.05, 3.63) is 35.4 Å². The Morgan fingerprint density at radius 1 is 0.792 bits per heavy atom. The Hall–Kier alpha value is -0.780. The Bertz CT molecular complexity index is 438. The number of benzene rings is 1. The van der Waals surface area contributed by atoms with Crippen LogP contribution in [0.15, 0.2) is 24.3 Å². The van der Waals surface area contributed by atoms with Gasteiger partial charge in [-0.25, -0.2) is 0 Å². The summed E-state index contributed by atoms with van der Waals surface area (Å²) in [6.45, 7) is 4.62. The smallest absolute Gasteiger partial charge is 0 e. The largest absolute Gasteiger partial charge is 0.0776 e. The van der Waals surface area contributed by atoms with Crippen LogP contribution in [0.1, 0.15) is 93.5 Å². The summed E-state index contributed by atoms with van der Waals surface area (Å²) in [7, 11) is 0. The Kier molecular flexibility index (Phi) is 9.09. The molecule has 0 unspecified atom stereocenters. The van der Waals surface area contributed by atoms with Crippen LogP contribution >= 0.6 is 0 Å². The van der Waals surface area contributed by atoms with E-state index in [2.05, 4.69) is 38.1 Å². The van der Waals surface area contributed by atoms with Crippen LogP contribution in [0.5, 0.6) is 0 Å². The van der Waals surface area contributed by atoms with Gasteiger partial charge in [0.15, 0.2) is 0 Å². The lowest BCUT2D eigenvalue weighted by molar-refractivity contribution is 0.148. The fraction of sp³-hybridized carbons (Fsp3) is 0.750. The fourth-order valence-corrected chi connectivity index (χ4v) is 4.83. The number of aryl methyl sites for hydroxylation is 2. The van der Waals surface area contributed by atoms with Gasteiger partial charge in [-0.05, 0) is 74.7 Å². The summed E-state index contributed by atoms with van der Waals surface area (Å²) in [6.07, 6.45) is 14.8. The second-order valence-electron chi connectivity index (χ2n) is 8.33. The van der Waals surface area contributed by atoms with Crippen LogP contribution in [-0.2, 0) is 6.42 Å². The highest BCUT2D eigenvalue weighted by atomic mass is 14.3. The van der Waals surface area contributed by atoms with Crippen LogP contribution in [0.2, 0.25) is 0 Å². The summed E-state index contributed by atoms with van der Waals surface area (Å²) in [5.74, 6) is 4.15. The molecule has 2 aliphatic carbocycles. The summed E-state index contributed by atoms with van der Waals surface area (Å²) in [4.78, 5) is 0. The third kappa shape index (κ3) is 5.94. The number of rotatable bonds is 4. The van der Waals surface area contributed by atoms with Crippen LogP contribution in [0.3, 0.4) is 0 Å². The molecule has 1 aromatic carbocycles. The minimum atomic E-state index is 0. The van der Waals surface area contributed by atoms with E-state index in [1.807, 2.05) is 0 Å². The molecule has 1 aromatic rings. The summed E-state index contributed by atoms with van der Waals surface area (Å²) in [5.41, 5.74) is 2.92. The highest BCUT2D eigenvalue weighted by molar-refractivity contribution is 5.21. The first-order valence-electron chi connectivity index (χ1n) is 9.76. The molecule has 142 valence electrons. The Labute approximate surface area is 155 Å². The molecule has 0 bridgehead atoms. The van der Waals surface area contributed by atoms with Gasteiger partial charge >= 0.3 is 0 Å². The van der Waals surface area contributed by atoms with E-state index in [9.17, 15) is 0 Å². The summed E-state index contributed by atoms with van der Waals surface area (Å²) in [6, 6.07) is 9.17. The van der Waals surface area contributed by atoms with Gasteiger partial charge < -0.3 is 0 Å². The minimum Gasteiger partial charge on any atom is -0.0776 e. The van der Waals surface area contributed by atoms with Gasteiger partial charge in [-0.2, -0.15) is 0 Å². The third-order valence-corrected chi connectivity index (χ3v) is 6.58. The van der Waals surface area contributed by atoms with Crippen molar-refractivity contribution < 1.29 is 2.85 Å². The molecule has 24 heavy (non-hydrogen) atoms. The molecule has 0 spiro atoms. The quantitative estimate of drug-likeness (QED) is 0.519. The molecule has 0 atom stereocenters. The van der Waals surface area contributed by atoms with Crippen molar-refractivity contribution in [2.24, 2.45) is 23.7 Å². The lowest BCUT2D eigenvalue weighted by atomic mass is 9.69. The van der Waals surface area contributed by atoms with Crippen molar-refractivity contribution in [3.8, 4) is 0 Å². The average molecular weight is 335 g/mol. The molecule has 0 nitrogen and oxygen atoms in total. The first kappa shape index (κ1) is 21.3. The lowest BCUT2D eigenvalue weighted by Gasteiger charge is -2.37. The van der Waals surface area contributed by atoms with Gasteiger partial charge in [-0.3, -0.25) is 0 Å². The van der Waals surface area contributed by atoms with Gasteiger partial charge in [0, 0.05) is 2.85 Å². The van der Waals surface area contributed by atoms with Crippen LogP contribution < -0.4 is 0 Å². The topological polar surface area (TPSA) is 0 Å². The first-order valence-corrected chi connectivity index (χ1v) is 9.76. The van der Waals surface area contributed by atoms with Gasteiger partial charge in [0.1, 0.15) is 0 Å². The van der Waals surface area contributed by atoms with Gasteiger partial charge in [-0.1, -0.05) is 77.3 Å². The molecule has 0 aliphatic heterocycles. The van der Waals surface area contributed by atoms with Gasteiger partial charge in [0.2, 0.25) is 0 Å². The van der Waals surface area contributed by atoms with Crippen molar-refractivity contribution >= 4 is 0 Å². The molecule has 0 saturated heterocycles. The summed E-state index contributed by atoms with van der Waals surface area (Å²) >= 11 is 0. The Morgan fingerprint density at radius 2 is 1.29 bits per heavy atom. The molecule has 0 radical (unpaired) electrons. The molecule has 0 aromatic heterocycles. The van der Waals surface area contributed by atoms with E-state index >= 15 is 0 Å². The zero-order chi connectivity index (χ0) is 15.4. The number of hydrogen-bond acceptors (Lipinski definition) is 0. The minimum absolute atomic E-state index is 0. The van der Waals surface area contributed by atoms with Crippen LogP contribution in [0.4, 0.5) is 0 Å². The maximum absolute atomic E-state index is 2.44. The zero-order valence-corrected chi connectivity index (χ0v) is 14.7. The van der Waals surface area contributed by atoms with Gasteiger partial charge in [0.25, 0.3) is 0 Å². The maximum atomic E-state index is 2.44. The SMILES string of the molecule is C.C.Cc1ccc(CCC2CCC(C3CCC(C)CC3)CC2)cc1.[HH].[HH]. The van der Waals surface area contributed by atoms with E-state index in [-0.39, 0.29) is 17.7 Å². The molecule has 0 amide bonds. The van der Waals surface area contributed by atoms with E-state index in [0.717, 1.165) is 23.7 Å². The number of hydrogen-bond donors (Lipinski definition) is 0. The summed E-state index contributed by atoms with van der Waals surface area (Å²) < 4.78 is 0. The van der Waals surface area contributed by atoms with Gasteiger partial charge in [0.05, 0.1) is 0 Å². The molecule has 0 N–H and O–H groups in total. The molecule has 2 saturated carbocycles.